The molecule has 0 bridgehead atoms. The van der Waals surface area contributed by atoms with Crippen LogP contribution in [0.2, 0.25) is 0 Å². The van der Waals surface area contributed by atoms with Crippen LogP contribution in [0.4, 0.5) is 4.39 Å². The molecule has 0 saturated heterocycles. The van der Waals surface area contributed by atoms with Gasteiger partial charge in [0, 0.05) is 11.1 Å². The molecule has 0 saturated carbocycles. The smallest absolute Gasteiger partial charge is 0.235 e. The van der Waals surface area contributed by atoms with Crippen molar-refractivity contribution >= 4 is 11.0 Å². The van der Waals surface area contributed by atoms with Gasteiger partial charge in [-0.05, 0) is 54.2 Å². The van der Waals surface area contributed by atoms with Crippen LogP contribution in [0, 0.1) is 19.7 Å². The second-order valence-corrected chi connectivity index (χ2v) is 9.23. The molecule has 1 aromatic heterocycles. The SMILES string of the molecule is Cc1cc2oc(-c3ccc(C(C)(C)C)cc3)c(OCc3ccccc3F)c(=O)c2cc1C. The quantitative estimate of drug-likeness (QED) is 0.347. The number of benzene rings is 3. The summed E-state index contributed by atoms with van der Waals surface area (Å²) >= 11 is 0. The molecular formula is C28H27FO3. The third-order valence-electron chi connectivity index (χ3n) is 5.81. The zero-order chi connectivity index (χ0) is 23.0. The maximum atomic E-state index is 14.1. The summed E-state index contributed by atoms with van der Waals surface area (Å²) in [5, 5.41) is 0.451. The van der Waals surface area contributed by atoms with E-state index in [9.17, 15) is 9.18 Å². The molecule has 0 radical (unpaired) electrons. The first-order valence-corrected chi connectivity index (χ1v) is 10.7. The third-order valence-corrected chi connectivity index (χ3v) is 5.81. The highest BCUT2D eigenvalue weighted by Gasteiger charge is 2.20. The fraction of sp³-hybridized carbons (Fsp3) is 0.250. The van der Waals surface area contributed by atoms with E-state index >= 15 is 0 Å². The molecule has 0 fully saturated rings. The van der Waals surface area contributed by atoms with Crippen molar-refractivity contribution in [2.75, 3.05) is 0 Å². The lowest BCUT2D eigenvalue weighted by atomic mass is 9.86. The van der Waals surface area contributed by atoms with Gasteiger partial charge in [0.15, 0.2) is 5.76 Å². The molecule has 32 heavy (non-hydrogen) atoms. The number of fused-ring (bicyclic) bond motifs is 1. The van der Waals surface area contributed by atoms with E-state index in [0.29, 0.717) is 22.3 Å². The van der Waals surface area contributed by atoms with E-state index in [1.165, 1.54) is 11.6 Å². The van der Waals surface area contributed by atoms with E-state index in [1.54, 1.807) is 18.2 Å². The number of ether oxygens (including phenoxy) is 1. The van der Waals surface area contributed by atoms with Crippen molar-refractivity contribution in [2.24, 2.45) is 0 Å². The van der Waals surface area contributed by atoms with E-state index in [4.69, 9.17) is 9.15 Å². The summed E-state index contributed by atoms with van der Waals surface area (Å²) in [7, 11) is 0. The summed E-state index contributed by atoms with van der Waals surface area (Å²) in [5.41, 5.74) is 4.56. The Morgan fingerprint density at radius 3 is 2.25 bits per heavy atom. The minimum absolute atomic E-state index is 0.00154. The van der Waals surface area contributed by atoms with Crippen LogP contribution in [0.5, 0.6) is 5.75 Å². The van der Waals surface area contributed by atoms with Gasteiger partial charge in [-0.1, -0.05) is 63.2 Å². The summed E-state index contributed by atoms with van der Waals surface area (Å²) < 4.78 is 26.3. The fourth-order valence-electron chi connectivity index (χ4n) is 3.64. The molecule has 0 aliphatic carbocycles. The predicted octanol–water partition coefficient (Wildman–Crippen LogP) is 7.09. The van der Waals surface area contributed by atoms with Gasteiger partial charge in [0.25, 0.3) is 0 Å². The summed E-state index contributed by atoms with van der Waals surface area (Å²) in [6.45, 7) is 10.3. The number of hydrogen-bond acceptors (Lipinski definition) is 3. The van der Waals surface area contributed by atoms with E-state index in [0.717, 1.165) is 16.7 Å². The van der Waals surface area contributed by atoms with Crippen LogP contribution in [0.15, 0.2) is 69.9 Å². The Bertz CT molecular complexity index is 1340. The Labute approximate surface area is 187 Å². The molecule has 4 heteroatoms. The Morgan fingerprint density at radius 1 is 0.938 bits per heavy atom. The summed E-state index contributed by atoms with van der Waals surface area (Å²) in [5.74, 6) is 0.0651. The molecule has 4 rings (SSSR count). The van der Waals surface area contributed by atoms with Crippen molar-refractivity contribution in [3.05, 3.63) is 99.0 Å². The molecule has 0 amide bonds. The fourth-order valence-corrected chi connectivity index (χ4v) is 3.64. The molecule has 164 valence electrons. The van der Waals surface area contributed by atoms with Crippen LogP contribution in [0.3, 0.4) is 0 Å². The average molecular weight is 431 g/mol. The molecule has 0 atom stereocenters. The molecule has 3 nitrogen and oxygen atoms in total. The van der Waals surface area contributed by atoms with Gasteiger partial charge in [-0.2, -0.15) is 0 Å². The van der Waals surface area contributed by atoms with Crippen molar-refractivity contribution in [1.82, 2.24) is 0 Å². The van der Waals surface area contributed by atoms with Crippen molar-refractivity contribution in [3.63, 3.8) is 0 Å². The van der Waals surface area contributed by atoms with Gasteiger partial charge in [-0.3, -0.25) is 4.79 Å². The molecule has 0 unspecified atom stereocenters. The monoisotopic (exact) mass is 430 g/mol. The van der Waals surface area contributed by atoms with Crippen LogP contribution in [-0.2, 0) is 12.0 Å². The zero-order valence-corrected chi connectivity index (χ0v) is 19.1. The summed E-state index contributed by atoms with van der Waals surface area (Å²) in [6.07, 6.45) is 0. The lowest BCUT2D eigenvalue weighted by Crippen LogP contribution is -2.12. The molecule has 0 N–H and O–H groups in total. The number of halogens is 1. The first-order valence-electron chi connectivity index (χ1n) is 10.7. The van der Waals surface area contributed by atoms with Crippen molar-refractivity contribution in [3.8, 4) is 17.1 Å². The standard InChI is InChI=1S/C28H27FO3/c1-17-14-22-24(15-18(17)2)32-26(19-10-12-21(13-11-19)28(3,4)5)27(25(22)30)31-16-20-8-6-7-9-23(20)29/h6-15H,16H2,1-5H3. The van der Waals surface area contributed by atoms with E-state index in [1.807, 2.05) is 50.2 Å². The van der Waals surface area contributed by atoms with Crippen molar-refractivity contribution in [2.45, 2.75) is 46.6 Å². The van der Waals surface area contributed by atoms with Crippen LogP contribution in [0.1, 0.15) is 43.0 Å². The maximum Gasteiger partial charge on any atom is 0.235 e. The highest BCUT2D eigenvalue weighted by Crippen LogP contribution is 2.34. The topological polar surface area (TPSA) is 39.4 Å². The van der Waals surface area contributed by atoms with Crippen LogP contribution >= 0.6 is 0 Å². The van der Waals surface area contributed by atoms with Gasteiger partial charge >= 0.3 is 0 Å². The van der Waals surface area contributed by atoms with Gasteiger partial charge in [0.05, 0.1) is 5.39 Å². The van der Waals surface area contributed by atoms with Crippen LogP contribution < -0.4 is 10.2 Å². The Morgan fingerprint density at radius 2 is 1.59 bits per heavy atom. The largest absolute Gasteiger partial charge is 0.481 e. The van der Waals surface area contributed by atoms with Crippen LogP contribution in [-0.4, -0.2) is 0 Å². The zero-order valence-electron chi connectivity index (χ0n) is 19.1. The molecule has 4 aromatic rings. The van der Waals surface area contributed by atoms with Crippen LogP contribution in [0.25, 0.3) is 22.3 Å². The van der Waals surface area contributed by atoms with Gasteiger partial charge in [0.2, 0.25) is 11.2 Å². The summed E-state index contributed by atoms with van der Waals surface area (Å²) in [6, 6.07) is 18.0. The minimum atomic E-state index is -0.375. The first-order chi connectivity index (χ1) is 15.1. The van der Waals surface area contributed by atoms with Crippen molar-refractivity contribution < 1.29 is 13.5 Å². The van der Waals surface area contributed by atoms with Gasteiger partial charge in [-0.15, -0.1) is 0 Å². The number of rotatable bonds is 4. The molecule has 3 aromatic carbocycles. The maximum absolute atomic E-state index is 14.1. The molecule has 0 spiro atoms. The molecular weight excluding hydrogens is 403 g/mol. The highest BCUT2D eigenvalue weighted by molar-refractivity contribution is 5.83. The average Bonchev–Trinajstić information content (AvgIpc) is 2.75. The predicted molar refractivity (Wildman–Crippen MR) is 127 cm³/mol. The van der Waals surface area contributed by atoms with E-state index in [-0.39, 0.29) is 29.0 Å². The molecule has 0 aliphatic rings. The second kappa shape index (κ2) is 8.27. The van der Waals surface area contributed by atoms with Gasteiger partial charge in [-0.25, -0.2) is 4.39 Å². The van der Waals surface area contributed by atoms with E-state index < -0.39 is 0 Å². The van der Waals surface area contributed by atoms with Crippen molar-refractivity contribution in [1.29, 1.82) is 0 Å². The first kappa shape index (κ1) is 21.8. The van der Waals surface area contributed by atoms with E-state index in [2.05, 4.69) is 20.8 Å². The van der Waals surface area contributed by atoms with Gasteiger partial charge < -0.3 is 9.15 Å². The van der Waals surface area contributed by atoms with Gasteiger partial charge in [0.1, 0.15) is 18.0 Å². The Kier molecular flexibility index (Phi) is 5.64. The minimum Gasteiger partial charge on any atom is -0.481 e. The Balaban J connectivity index is 1.87. The molecule has 1 heterocycles. The Hall–Kier alpha value is -3.40. The normalized spacial score (nSPS) is 11.7. The molecule has 0 aliphatic heterocycles. The third kappa shape index (κ3) is 4.18. The second-order valence-electron chi connectivity index (χ2n) is 9.23. The lowest BCUT2D eigenvalue weighted by Gasteiger charge is -2.19. The highest BCUT2D eigenvalue weighted by atomic mass is 19.1. The number of hydrogen-bond donors (Lipinski definition) is 0. The lowest BCUT2D eigenvalue weighted by molar-refractivity contribution is 0.292. The number of aryl methyl sites for hydroxylation is 2. The summed E-state index contributed by atoms with van der Waals surface area (Å²) in [4.78, 5) is 13.4.